The zero-order chi connectivity index (χ0) is 24.5. The SMILES string of the molecule is O=C(CCN1C(=O)c2ccccc2C1=O)Nc1ccc2c(c1)N(Cc1ccccc1Cl)C(=O)CO2. The molecule has 0 bridgehead atoms. The molecule has 9 heteroatoms. The molecule has 2 aliphatic rings. The average Bonchev–Trinajstić information content (AvgIpc) is 3.10. The molecule has 1 N–H and O–H groups in total. The predicted octanol–water partition coefficient (Wildman–Crippen LogP) is 3.89. The van der Waals surface area contributed by atoms with Crippen LogP contribution < -0.4 is 15.0 Å². The third kappa shape index (κ3) is 4.36. The van der Waals surface area contributed by atoms with Crippen molar-refractivity contribution in [2.24, 2.45) is 0 Å². The molecule has 0 fully saturated rings. The fourth-order valence-electron chi connectivity index (χ4n) is 4.13. The van der Waals surface area contributed by atoms with E-state index in [4.69, 9.17) is 16.3 Å². The second-order valence-electron chi connectivity index (χ2n) is 8.15. The summed E-state index contributed by atoms with van der Waals surface area (Å²) in [5, 5.41) is 3.32. The molecule has 3 aromatic rings. The first-order chi connectivity index (χ1) is 16.9. The van der Waals surface area contributed by atoms with Gasteiger partial charge in [-0.15, -0.1) is 0 Å². The van der Waals surface area contributed by atoms with Crippen LogP contribution in [0.3, 0.4) is 0 Å². The highest BCUT2D eigenvalue weighted by Crippen LogP contribution is 2.36. The highest BCUT2D eigenvalue weighted by atomic mass is 35.5. The van der Waals surface area contributed by atoms with E-state index in [0.29, 0.717) is 33.3 Å². The van der Waals surface area contributed by atoms with Gasteiger partial charge >= 0.3 is 0 Å². The lowest BCUT2D eigenvalue weighted by atomic mass is 10.1. The van der Waals surface area contributed by atoms with E-state index in [1.165, 1.54) is 0 Å². The van der Waals surface area contributed by atoms with Gasteiger partial charge in [0.25, 0.3) is 17.7 Å². The molecule has 3 aromatic carbocycles. The van der Waals surface area contributed by atoms with Gasteiger partial charge in [-0.2, -0.15) is 0 Å². The Labute approximate surface area is 206 Å². The first kappa shape index (κ1) is 22.6. The van der Waals surface area contributed by atoms with Crippen LogP contribution in [0.4, 0.5) is 11.4 Å². The van der Waals surface area contributed by atoms with Gasteiger partial charge in [0.05, 0.1) is 23.4 Å². The topological polar surface area (TPSA) is 96.0 Å². The Bertz CT molecular complexity index is 1340. The molecule has 5 rings (SSSR count). The average molecular weight is 490 g/mol. The normalized spacial score (nSPS) is 14.5. The first-order valence-corrected chi connectivity index (χ1v) is 11.4. The number of anilines is 2. The van der Waals surface area contributed by atoms with Crippen molar-refractivity contribution in [3.63, 3.8) is 0 Å². The van der Waals surface area contributed by atoms with Crippen molar-refractivity contribution in [3.05, 3.63) is 88.4 Å². The second kappa shape index (κ2) is 9.23. The molecule has 0 unspecified atom stereocenters. The van der Waals surface area contributed by atoms with Gasteiger partial charge in [0.1, 0.15) is 5.75 Å². The molecule has 4 amide bonds. The number of amides is 4. The van der Waals surface area contributed by atoms with Crippen LogP contribution in [0.25, 0.3) is 0 Å². The summed E-state index contributed by atoms with van der Waals surface area (Å²) in [4.78, 5) is 52.9. The maximum Gasteiger partial charge on any atom is 0.265 e. The van der Waals surface area contributed by atoms with E-state index in [1.807, 2.05) is 18.2 Å². The van der Waals surface area contributed by atoms with Crippen molar-refractivity contribution in [1.29, 1.82) is 0 Å². The molecule has 2 aliphatic heterocycles. The smallest absolute Gasteiger partial charge is 0.265 e. The molecule has 0 spiro atoms. The maximum atomic E-state index is 12.6. The lowest BCUT2D eigenvalue weighted by molar-refractivity contribution is -0.121. The molecular weight excluding hydrogens is 470 g/mol. The number of nitrogens with one attached hydrogen (secondary N) is 1. The summed E-state index contributed by atoms with van der Waals surface area (Å²) in [7, 11) is 0. The summed E-state index contributed by atoms with van der Waals surface area (Å²) in [6.45, 7) is 0.124. The summed E-state index contributed by atoms with van der Waals surface area (Å²) in [5.74, 6) is -0.898. The number of imide groups is 1. The molecule has 0 aliphatic carbocycles. The van der Waals surface area contributed by atoms with Crippen molar-refractivity contribution >= 4 is 46.6 Å². The van der Waals surface area contributed by atoms with E-state index in [2.05, 4.69) is 5.32 Å². The number of ether oxygens (including phenoxy) is 1. The summed E-state index contributed by atoms with van der Waals surface area (Å²) in [6.07, 6.45) is -0.0681. The van der Waals surface area contributed by atoms with E-state index >= 15 is 0 Å². The Hall–Kier alpha value is -4.17. The Kier molecular flexibility index (Phi) is 5.96. The van der Waals surface area contributed by atoms with Crippen LogP contribution >= 0.6 is 11.6 Å². The van der Waals surface area contributed by atoms with Crippen molar-refractivity contribution < 1.29 is 23.9 Å². The number of fused-ring (bicyclic) bond motifs is 2. The van der Waals surface area contributed by atoms with E-state index in [9.17, 15) is 19.2 Å². The molecule has 0 atom stereocenters. The van der Waals surface area contributed by atoms with Crippen LogP contribution in [0.15, 0.2) is 66.7 Å². The number of hydrogen-bond acceptors (Lipinski definition) is 5. The van der Waals surface area contributed by atoms with E-state index < -0.39 is 11.8 Å². The lowest BCUT2D eigenvalue weighted by Crippen LogP contribution is -2.38. The van der Waals surface area contributed by atoms with Gasteiger partial charge in [-0.3, -0.25) is 24.1 Å². The molecule has 0 saturated heterocycles. The van der Waals surface area contributed by atoms with Gasteiger partial charge < -0.3 is 15.0 Å². The van der Waals surface area contributed by atoms with Crippen LogP contribution in [-0.4, -0.2) is 41.7 Å². The van der Waals surface area contributed by atoms with Crippen LogP contribution in [-0.2, 0) is 16.1 Å². The van der Waals surface area contributed by atoms with Crippen molar-refractivity contribution in [2.75, 3.05) is 23.4 Å². The van der Waals surface area contributed by atoms with Gasteiger partial charge in [-0.25, -0.2) is 0 Å². The number of carbonyl (C=O) groups excluding carboxylic acids is 4. The van der Waals surface area contributed by atoms with Gasteiger partial charge in [0, 0.05) is 23.7 Å². The highest BCUT2D eigenvalue weighted by Gasteiger charge is 2.35. The van der Waals surface area contributed by atoms with Gasteiger partial charge in [0.15, 0.2) is 6.61 Å². The molecule has 176 valence electrons. The first-order valence-electron chi connectivity index (χ1n) is 11.0. The zero-order valence-electron chi connectivity index (χ0n) is 18.5. The number of benzene rings is 3. The van der Waals surface area contributed by atoms with E-state index in [0.717, 1.165) is 10.5 Å². The van der Waals surface area contributed by atoms with Crippen molar-refractivity contribution in [2.45, 2.75) is 13.0 Å². The Morgan fingerprint density at radius 1 is 0.914 bits per heavy atom. The number of rotatable bonds is 6. The molecule has 0 aromatic heterocycles. The summed E-state index contributed by atoms with van der Waals surface area (Å²) >= 11 is 6.28. The predicted molar refractivity (Wildman–Crippen MR) is 130 cm³/mol. The summed E-state index contributed by atoms with van der Waals surface area (Å²) in [6, 6.07) is 18.9. The number of carbonyl (C=O) groups is 4. The quantitative estimate of drug-likeness (QED) is 0.530. The highest BCUT2D eigenvalue weighted by molar-refractivity contribution is 6.31. The van der Waals surface area contributed by atoms with Crippen LogP contribution in [0, 0.1) is 0 Å². The number of hydrogen-bond donors (Lipinski definition) is 1. The second-order valence-corrected chi connectivity index (χ2v) is 8.56. The Morgan fingerprint density at radius 2 is 1.60 bits per heavy atom. The van der Waals surface area contributed by atoms with Gasteiger partial charge in [-0.1, -0.05) is 41.9 Å². The minimum Gasteiger partial charge on any atom is -0.482 e. The van der Waals surface area contributed by atoms with E-state index in [1.54, 1.807) is 53.4 Å². The Morgan fingerprint density at radius 3 is 2.31 bits per heavy atom. The van der Waals surface area contributed by atoms with Crippen molar-refractivity contribution in [3.8, 4) is 5.75 Å². The van der Waals surface area contributed by atoms with Crippen LogP contribution in [0.5, 0.6) is 5.75 Å². The zero-order valence-corrected chi connectivity index (χ0v) is 19.2. The van der Waals surface area contributed by atoms with Crippen LogP contribution in [0.1, 0.15) is 32.7 Å². The molecule has 0 saturated carbocycles. The van der Waals surface area contributed by atoms with Crippen LogP contribution in [0.2, 0.25) is 5.02 Å². The fourth-order valence-corrected chi connectivity index (χ4v) is 4.32. The maximum absolute atomic E-state index is 12.6. The van der Waals surface area contributed by atoms with E-state index in [-0.39, 0.29) is 37.9 Å². The fraction of sp³-hybridized carbons (Fsp3) is 0.154. The van der Waals surface area contributed by atoms with Gasteiger partial charge in [0.2, 0.25) is 5.91 Å². The minimum atomic E-state index is -0.405. The molecule has 8 nitrogen and oxygen atoms in total. The van der Waals surface area contributed by atoms with Gasteiger partial charge in [-0.05, 0) is 42.0 Å². The largest absolute Gasteiger partial charge is 0.482 e. The number of halogens is 1. The summed E-state index contributed by atoms with van der Waals surface area (Å²) < 4.78 is 5.54. The third-order valence-electron chi connectivity index (χ3n) is 5.91. The molecular formula is C26H20ClN3O5. The summed E-state index contributed by atoms with van der Waals surface area (Å²) in [5.41, 5.74) is 2.44. The van der Waals surface area contributed by atoms with Crippen molar-refractivity contribution in [1.82, 2.24) is 4.90 Å². The molecule has 2 heterocycles. The lowest BCUT2D eigenvalue weighted by Gasteiger charge is -2.30. The number of nitrogens with zero attached hydrogens (tertiary/aromatic N) is 2. The Balaban J connectivity index is 1.28. The standard InChI is InChI=1S/C26H20ClN3O5/c27-20-8-4-1-5-16(20)14-30-21-13-17(9-10-22(21)35-15-24(30)32)28-23(31)11-12-29-25(33)18-6-2-3-7-19(18)26(29)34/h1-10,13H,11-12,14-15H2,(H,28,31). The molecule has 0 radical (unpaired) electrons. The monoisotopic (exact) mass is 489 g/mol. The third-order valence-corrected chi connectivity index (χ3v) is 6.28. The molecule has 35 heavy (non-hydrogen) atoms. The minimum absolute atomic E-state index is 0.0383.